The van der Waals surface area contributed by atoms with Gasteiger partial charge in [-0.3, -0.25) is 14.5 Å². The number of piperidine rings is 1. The van der Waals surface area contributed by atoms with Gasteiger partial charge in [0.25, 0.3) is 5.56 Å². The van der Waals surface area contributed by atoms with Crippen LogP contribution in [-0.2, 0) is 20.8 Å². The number of hydrogen-bond donors (Lipinski definition) is 1. The highest BCUT2D eigenvalue weighted by atomic mass is 16.5. The fourth-order valence-corrected chi connectivity index (χ4v) is 5.33. The largest absolute Gasteiger partial charge is 0.494 e. The molecule has 4 heterocycles. The molecular formula is C26H34N6O5. The van der Waals surface area contributed by atoms with E-state index in [-0.39, 0.29) is 23.6 Å². The first-order chi connectivity index (χ1) is 18.1. The van der Waals surface area contributed by atoms with Crippen LogP contribution in [0.2, 0.25) is 0 Å². The summed E-state index contributed by atoms with van der Waals surface area (Å²) in [6.45, 7) is 7.16. The lowest BCUT2D eigenvalue weighted by molar-refractivity contribution is -0.149. The van der Waals surface area contributed by atoms with Crippen LogP contribution in [0.15, 0.2) is 29.1 Å². The van der Waals surface area contributed by atoms with Crippen LogP contribution in [0.1, 0.15) is 57.0 Å². The van der Waals surface area contributed by atoms with Crippen molar-refractivity contribution in [2.24, 2.45) is 5.92 Å². The van der Waals surface area contributed by atoms with Crippen molar-refractivity contribution in [3.63, 3.8) is 0 Å². The SMILES string of the molecule is CCOC(=O)C1CCN([C@H](c2cc3cc(OCC)ccc3[nH]c2=O)c2nnnn2C[C@H]2CCCO2)CC1. The van der Waals surface area contributed by atoms with Crippen molar-refractivity contribution in [3.8, 4) is 5.75 Å². The summed E-state index contributed by atoms with van der Waals surface area (Å²) < 4.78 is 18.5. The van der Waals surface area contributed by atoms with Gasteiger partial charge in [-0.05, 0) is 74.2 Å². The van der Waals surface area contributed by atoms with E-state index in [1.165, 1.54) is 0 Å². The predicted molar refractivity (Wildman–Crippen MR) is 135 cm³/mol. The van der Waals surface area contributed by atoms with Gasteiger partial charge in [0.05, 0.1) is 31.8 Å². The number of benzene rings is 1. The first kappa shape index (κ1) is 25.3. The molecule has 0 unspecified atom stereocenters. The van der Waals surface area contributed by atoms with Gasteiger partial charge in [-0.25, -0.2) is 4.68 Å². The second kappa shape index (κ2) is 11.4. The van der Waals surface area contributed by atoms with Gasteiger partial charge in [0.1, 0.15) is 11.8 Å². The Labute approximate surface area is 215 Å². The number of tetrazole rings is 1. The molecule has 0 radical (unpaired) electrons. The summed E-state index contributed by atoms with van der Waals surface area (Å²) in [5.41, 5.74) is 1.09. The molecule has 3 aromatic rings. The van der Waals surface area contributed by atoms with Crippen molar-refractivity contribution < 1.29 is 19.0 Å². The first-order valence-electron chi connectivity index (χ1n) is 13.2. The average Bonchev–Trinajstić information content (AvgIpc) is 3.58. The molecule has 1 N–H and O–H groups in total. The highest BCUT2D eigenvalue weighted by Crippen LogP contribution is 2.32. The number of aromatic nitrogens is 5. The van der Waals surface area contributed by atoms with Gasteiger partial charge in [0.15, 0.2) is 5.82 Å². The zero-order valence-corrected chi connectivity index (χ0v) is 21.4. The number of carbonyl (C=O) groups is 1. The van der Waals surface area contributed by atoms with E-state index in [0.29, 0.717) is 57.1 Å². The summed E-state index contributed by atoms with van der Waals surface area (Å²) >= 11 is 0. The molecule has 0 amide bonds. The van der Waals surface area contributed by atoms with E-state index >= 15 is 0 Å². The molecule has 11 nitrogen and oxygen atoms in total. The minimum atomic E-state index is -0.483. The molecule has 2 atom stereocenters. The van der Waals surface area contributed by atoms with Crippen LogP contribution in [0, 0.1) is 5.92 Å². The quantitative estimate of drug-likeness (QED) is 0.432. The normalized spacial score (nSPS) is 19.8. The van der Waals surface area contributed by atoms with Crippen molar-refractivity contribution in [2.45, 2.75) is 58.2 Å². The van der Waals surface area contributed by atoms with Crippen molar-refractivity contribution in [1.82, 2.24) is 30.1 Å². The molecule has 5 rings (SSSR count). The van der Waals surface area contributed by atoms with E-state index in [4.69, 9.17) is 14.2 Å². The van der Waals surface area contributed by atoms with Gasteiger partial charge in [0, 0.05) is 36.2 Å². The van der Waals surface area contributed by atoms with Crippen LogP contribution in [-0.4, -0.2) is 75.1 Å². The molecule has 2 fully saturated rings. The predicted octanol–water partition coefficient (Wildman–Crippen LogP) is 2.46. The van der Waals surface area contributed by atoms with Crippen LogP contribution in [0.5, 0.6) is 5.75 Å². The van der Waals surface area contributed by atoms with Gasteiger partial charge in [-0.1, -0.05) is 0 Å². The van der Waals surface area contributed by atoms with E-state index in [9.17, 15) is 9.59 Å². The number of rotatable bonds is 9. The lowest BCUT2D eigenvalue weighted by Crippen LogP contribution is -2.42. The molecule has 198 valence electrons. The second-order valence-electron chi connectivity index (χ2n) is 9.55. The van der Waals surface area contributed by atoms with Gasteiger partial charge < -0.3 is 19.2 Å². The number of pyridine rings is 1. The van der Waals surface area contributed by atoms with E-state index in [1.54, 1.807) is 4.68 Å². The van der Waals surface area contributed by atoms with Gasteiger partial charge in [0.2, 0.25) is 0 Å². The Bertz CT molecular complexity index is 1280. The summed E-state index contributed by atoms with van der Waals surface area (Å²) in [5, 5.41) is 13.5. The van der Waals surface area contributed by atoms with Crippen LogP contribution < -0.4 is 10.3 Å². The fourth-order valence-electron chi connectivity index (χ4n) is 5.33. The van der Waals surface area contributed by atoms with Gasteiger partial charge in [-0.15, -0.1) is 5.10 Å². The Morgan fingerprint density at radius 1 is 1.19 bits per heavy atom. The zero-order chi connectivity index (χ0) is 25.8. The standard InChI is InChI=1S/C26H34N6O5/c1-3-35-19-7-8-22-18(14-19)15-21(25(33)27-22)23(31-11-9-17(10-12-31)26(34)36-4-2)24-28-29-30-32(24)16-20-6-5-13-37-20/h7-8,14-15,17,20,23H,3-6,9-13,16H2,1-2H3,(H,27,33)/t20-,23-/m1/s1. The minimum absolute atomic E-state index is 0.0427. The number of nitrogens with zero attached hydrogens (tertiary/aromatic N) is 5. The maximum atomic E-state index is 13.4. The number of fused-ring (bicyclic) bond motifs is 1. The van der Waals surface area contributed by atoms with E-state index in [1.807, 2.05) is 38.1 Å². The first-order valence-corrected chi connectivity index (χ1v) is 13.2. The second-order valence-corrected chi connectivity index (χ2v) is 9.55. The Morgan fingerprint density at radius 2 is 2.03 bits per heavy atom. The number of likely N-dealkylation sites (tertiary alicyclic amines) is 1. The molecular weight excluding hydrogens is 476 g/mol. The van der Waals surface area contributed by atoms with E-state index < -0.39 is 6.04 Å². The summed E-state index contributed by atoms with van der Waals surface area (Å²) in [6.07, 6.45) is 3.29. The highest BCUT2D eigenvalue weighted by Gasteiger charge is 2.35. The number of aromatic amines is 1. The molecule has 0 saturated carbocycles. The lowest BCUT2D eigenvalue weighted by atomic mass is 9.94. The van der Waals surface area contributed by atoms with E-state index in [0.717, 1.165) is 36.1 Å². The maximum Gasteiger partial charge on any atom is 0.309 e. The van der Waals surface area contributed by atoms with Gasteiger partial charge in [-0.2, -0.15) is 0 Å². The number of esters is 1. The lowest BCUT2D eigenvalue weighted by Gasteiger charge is -2.36. The highest BCUT2D eigenvalue weighted by molar-refractivity contribution is 5.80. The molecule has 2 aromatic heterocycles. The Kier molecular flexibility index (Phi) is 7.80. The third-order valence-electron chi connectivity index (χ3n) is 7.17. The molecule has 1 aromatic carbocycles. The molecule has 0 aliphatic carbocycles. The van der Waals surface area contributed by atoms with Crippen molar-refractivity contribution in [3.05, 3.63) is 46.0 Å². The molecule has 2 aliphatic rings. The third-order valence-corrected chi connectivity index (χ3v) is 7.17. The van der Waals surface area contributed by atoms with Crippen molar-refractivity contribution in [1.29, 1.82) is 0 Å². The Hall–Kier alpha value is -3.31. The molecule has 2 saturated heterocycles. The van der Waals surface area contributed by atoms with Gasteiger partial charge >= 0.3 is 5.97 Å². The molecule has 2 aliphatic heterocycles. The topological polar surface area (TPSA) is 124 Å². The number of hydrogen-bond acceptors (Lipinski definition) is 9. The van der Waals surface area contributed by atoms with Crippen LogP contribution in [0.4, 0.5) is 0 Å². The summed E-state index contributed by atoms with van der Waals surface area (Å²) in [4.78, 5) is 31.0. The van der Waals surface area contributed by atoms with Crippen molar-refractivity contribution >= 4 is 16.9 Å². The molecule has 0 bridgehead atoms. The summed E-state index contributed by atoms with van der Waals surface area (Å²) in [5.74, 6) is 1.02. The number of carbonyl (C=O) groups excluding carboxylic acids is 1. The van der Waals surface area contributed by atoms with E-state index in [2.05, 4.69) is 25.4 Å². The molecule has 37 heavy (non-hydrogen) atoms. The Morgan fingerprint density at radius 3 is 2.76 bits per heavy atom. The number of nitrogens with one attached hydrogen (secondary N) is 1. The summed E-state index contributed by atoms with van der Waals surface area (Å²) in [7, 11) is 0. The molecule has 0 spiro atoms. The monoisotopic (exact) mass is 510 g/mol. The van der Waals surface area contributed by atoms with Crippen LogP contribution in [0.25, 0.3) is 10.9 Å². The average molecular weight is 511 g/mol. The zero-order valence-electron chi connectivity index (χ0n) is 21.4. The fraction of sp³-hybridized carbons (Fsp3) is 0.577. The number of H-pyrrole nitrogens is 1. The smallest absolute Gasteiger partial charge is 0.309 e. The minimum Gasteiger partial charge on any atom is -0.494 e. The molecule has 11 heteroatoms. The number of ether oxygens (including phenoxy) is 3. The van der Waals surface area contributed by atoms with Crippen molar-refractivity contribution in [2.75, 3.05) is 32.9 Å². The third kappa shape index (κ3) is 5.52. The maximum absolute atomic E-state index is 13.4. The van der Waals surface area contributed by atoms with Crippen LogP contribution >= 0.6 is 0 Å². The Balaban J connectivity index is 1.52. The summed E-state index contributed by atoms with van der Waals surface area (Å²) in [6, 6.07) is 7.05. The van der Waals surface area contributed by atoms with Crippen LogP contribution in [0.3, 0.4) is 0 Å².